The first-order valence-electron chi connectivity index (χ1n) is 16.4. The number of fused-ring (bicyclic) bond motifs is 1. The van der Waals surface area contributed by atoms with Crippen LogP contribution >= 0.6 is 11.3 Å². The monoisotopic (exact) mass is 660 g/mol. The highest BCUT2D eigenvalue weighted by Crippen LogP contribution is 2.48. The topological polar surface area (TPSA) is 154 Å². The molecule has 1 amide bonds. The second kappa shape index (κ2) is 14.0. The first-order valence-corrected chi connectivity index (χ1v) is 17.3. The van der Waals surface area contributed by atoms with Crippen LogP contribution in [-0.4, -0.2) is 108 Å². The van der Waals surface area contributed by atoms with Crippen molar-refractivity contribution in [3.63, 3.8) is 0 Å². The van der Waals surface area contributed by atoms with Crippen LogP contribution in [0.1, 0.15) is 61.4 Å². The lowest BCUT2D eigenvalue weighted by molar-refractivity contribution is -0.126. The van der Waals surface area contributed by atoms with Crippen LogP contribution in [0.3, 0.4) is 0 Å². The minimum atomic E-state index is -0.629. The highest BCUT2D eigenvalue weighted by Gasteiger charge is 2.43. The maximum atomic E-state index is 12.3. The molecule has 0 spiro atoms. The van der Waals surface area contributed by atoms with Crippen molar-refractivity contribution < 1.29 is 14.1 Å². The molecule has 1 aliphatic carbocycles. The molecule has 5 heterocycles. The summed E-state index contributed by atoms with van der Waals surface area (Å²) in [6, 6.07) is 4.42. The zero-order valence-corrected chi connectivity index (χ0v) is 28.4. The molecule has 250 valence electrons. The number of nitrogen functional groups attached to an aromatic ring is 1. The van der Waals surface area contributed by atoms with Crippen LogP contribution in [0.5, 0.6) is 0 Å². The maximum Gasteiger partial charge on any atom is 0.246 e. The number of aryl methyl sites for hydroxylation is 1. The Balaban J connectivity index is 1.34. The van der Waals surface area contributed by atoms with Gasteiger partial charge in [-0.05, 0) is 58.6 Å². The third-order valence-electron chi connectivity index (χ3n) is 9.68. The number of hydrogen-bond donors (Lipinski definition) is 1. The minimum absolute atomic E-state index is 0.0622. The third kappa shape index (κ3) is 6.57. The van der Waals surface area contributed by atoms with E-state index in [4.69, 9.17) is 29.9 Å². The molecular weight excluding hydrogens is 616 g/mol. The quantitative estimate of drug-likeness (QED) is 0.264. The number of aromatic nitrogens is 4. The van der Waals surface area contributed by atoms with Crippen LogP contribution < -0.4 is 15.5 Å². The summed E-state index contributed by atoms with van der Waals surface area (Å²) in [5.41, 5.74) is 7.63. The largest absolute Gasteiger partial charge is 0.389 e. The van der Waals surface area contributed by atoms with Gasteiger partial charge in [-0.2, -0.15) is 15.2 Å². The van der Waals surface area contributed by atoms with Gasteiger partial charge in [0.05, 0.1) is 11.0 Å². The van der Waals surface area contributed by atoms with Gasteiger partial charge in [0.2, 0.25) is 23.6 Å². The van der Waals surface area contributed by atoms with Crippen LogP contribution in [-0.2, 0) is 21.4 Å². The molecule has 2 atom stereocenters. The Bertz CT molecular complexity index is 1640. The van der Waals surface area contributed by atoms with E-state index in [1.165, 1.54) is 17.4 Å². The van der Waals surface area contributed by atoms with Crippen molar-refractivity contribution in [2.24, 2.45) is 0 Å². The summed E-state index contributed by atoms with van der Waals surface area (Å²) < 4.78 is 11.3. The highest BCUT2D eigenvalue weighted by molar-refractivity contribution is 7.16. The van der Waals surface area contributed by atoms with Crippen molar-refractivity contribution >= 4 is 34.0 Å². The van der Waals surface area contributed by atoms with Crippen molar-refractivity contribution in [3.8, 4) is 17.6 Å². The Morgan fingerprint density at radius 2 is 2.04 bits per heavy atom. The van der Waals surface area contributed by atoms with Gasteiger partial charge in [-0.15, -0.1) is 11.3 Å². The maximum absolute atomic E-state index is 12.3. The Morgan fingerprint density at radius 1 is 1.23 bits per heavy atom. The minimum Gasteiger partial charge on any atom is -0.389 e. The van der Waals surface area contributed by atoms with Crippen molar-refractivity contribution in [3.05, 3.63) is 40.6 Å². The van der Waals surface area contributed by atoms with Crippen LogP contribution in [0.2, 0.25) is 0 Å². The average Bonchev–Trinajstić information content (AvgIpc) is 3.67. The summed E-state index contributed by atoms with van der Waals surface area (Å²) in [5, 5.41) is 14.9. The number of thiophene rings is 1. The SMILES string of the molecule is C=CC(=O)N1CCN(c2cc(-c3noc([C@@]4(C)CCCc5sc(N)c(C#N)c54)n3)nc(N3CCCN(CCCOC)C[C@@H]3C)n2)CC1. The third-order valence-corrected chi connectivity index (χ3v) is 10.8. The van der Waals surface area contributed by atoms with Gasteiger partial charge in [-0.3, -0.25) is 4.79 Å². The zero-order valence-electron chi connectivity index (χ0n) is 27.6. The number of ether oxygens (including phenoxy) is 1. The number of methoxy groups -OCH3 is 1. The number of hydrogen-bond acceptors (Lipinski definition) is 13. The zero-order chi connectivity index (χ0) is 33.1. The van der Waals surface area contributed by atoms with Crippen molar-refractivity contribution in [2.45, 2.75) is 57.4 Å². The van der Waals surface area contributed by atoms with E-state index in [2.05, 4.69) is 46.4 Å². The molecular formula is C33H44N10O3S. The molecule has 0 saturated carbocycles. The molecule has 13 nitrogen and oxygen atoms in total. The number of nitrogens with two attached hydrogens (primary N) is 1. The van der Waals surface area contributed by atoms with Crippen LogP contribution in [0.25, 0.3) is 11.5 Å². The molecule has 2 fully saturated rings. The van der Waals surface area contributed by atoms with E-state index < -0.39 is 5.41 Å². The second-order valence-electron chi connectivity index (χ2n) is 12.8. The Kier molecular flexibility index (Phi) is 9.77. The van der Waals surface area contributed by atoms with E-state index >= 15 is 0 Å². The summed E-state index contributed by atoms with van der Waals surface area (Å²) >= 11 is 1.48. The number of carbonyl (C=O) groups excluding carboxylic acids is 1. The van der Waals surface area contributed by atoms with E-state index in [0.29, 0.717) is 60.1 Å². The predicted octanol–water partition coefficient (Wildman–Crippen LogP) is 3.46. The molecule has 3 aromatic rings. The molecule has 0 aromatic carbocycles. The number of piperazine rings is 1. The molecule has 2 N–H and O–H groups in total. The smallest absolute Gasteiger partial charge is 0.246 e. The van der Waals surface area contributed by atoms with Gasteiger partial charge in [0.15, 0.2) is 0 Å². The fraction of sp³-hybridized carbons (Fsp3) is 0.576. The van der Waals surface area contributed by atoms with Crippen LogP contribution in [0.15, 0.2) is 23.2 Å². The lowest BCUT2D eigenvalue weighted by Gasteiger charge is -2.36. The van der Waals surface area contributed by atoms with E-state index in [0.717, 1.165) is 81.1 Å². The number of rotatable bonds is 9. The Labute approximate surface area is 280 Å². The van der Waals surface area contributed by atoms with Crippen LogP contribution in [0, 0.1) is 11.3 Å². The second-order valence-corrected chi connectivity index (χ2v) is 14.0. The van der Waals surface area contributed by atoms with E-state index in [-0.39, 0.29) is 11.9 Å². The first kappa shape index (κ1) is 32.9. The molecule has 47 heavy (non-hydrogen) atoms. The Hall–Kier alpha value is -4.06. The molecule has 0 bridgehead atoms. The first-order chi connectivity index (χ1) is 22.7. The molecule has 0 radical (unpaired) electrons. The fourth-order valence-electron chi connectivity index (χ4n) is 7.15. The van der Waals surface area contributed by atoms with E-state index in [9.17, 15) is 10.1 Å². The summed E-state index contributed by atoms with van der Waals surface area (Å²) in [7, 11) is 1.74. The van der Waals surface area contributed by atoms with Gasteiger partial charge >= 0.3 is 0 Å². The van der Waals surface area contributed by atoms with Crippen LogP contribution in [0.4, 0.5) is 16.8 Å². The van der Waals surface area contributed by atoms with E-state index in [1.54, 1.807) is 12.0 Å². The summed E-state index contributed by atoms with van der Waals surface area (Å²) in [6.07, 6.45) is 5.93. The Morgan fingerprint density at radius 3 is 2.79 bits per heavy atom. The molecule has 6 rings (SSSR count). The average molecular weight is 661 g/mol. The summed E-state index contributed by atoms with van der Waals surface area (Å²) in [6.45, 7) is 14.8. The van der Waals surface area contributed by atoms with Gasteiger partial charge < -0.3 is 34.6 Å². The van der Waals surface area contributed by atoms with Gasteiger partial charge in [-0.1, -0.05) is 11.7 Å². The number of nitriles is 1. The van der Waals surface area contributed by atoms with Crippen molar-refractivity contribution in [1.82, 2.24) is 29.9 Å². The van der Waals surface area contributed by atoms with Gasteiger partial charge in [0.25, 0.3) is 0 Å². The van der Waals surface area contributed by atoms with Gasteiger partial charge in [0, 0.05) is 82.1 Å². The molecule has 2 saturated heterocycles. The molecule has 14 heteroatoms. The molecule has 3 aromatic heterocycles. The van der Waals surface area contributed by atoms with Crippen molar-refractivity contribution in [2.75, 3.05) is 81.6 Å². The lowest BCUT2D eigenvalue weighted by atomic mass is 9.72. The summed E-state index contributed by atoms with van der Waals surface area (Å²) in [4.78, 5) is 37.2. The van der Waals surface area contributed by atoms with Crippen molar-refractivity contribution in [1.29, 1.82) is 5.26 Å². The predicted molar refractivity (Wildman–Crippen MR) is 182 cm³/mol. The number of nitrogens with zero attached hydrogens (tertiary/aromatic N) is 9. The van der Waals surface area contributed by atoms with E-state index in [1.807, 2.05) is 6.07 Å². The number of carbonyl (C=O) groups is 1. The molecule has 2 aliphatic heterocycles. The standard InChI is InChI=1S/C33H44N10O3S/c1-5-27(44)42-16-14-41(15-17-42)26-19-24(36-32(37-26)43-13-7-11-40(21-22(43)2)12-8-18-45-4)30-38-31(46-39-30)33(3)10-6-9-25-28(33)23(20-34)29(35)47-25/h5,19,22H,1,6-18,21,35H2,2-4H3/t22-,33-/m0/s1. The van der Waals surface area contributed by atoms with Gasteiger partial charge in [-0.25, -0.2) is 4.98 Å². The summed E-state index contributed by atoms with van der Waals surface area (Å²) in [5.74, 6) is 2.16. The fourth-order valence-corrected chi connectivity index (χ4v) is 8.35. The number of amides is 1. The lowest BCUT2D eigenvalue weighted by Crippen LogP contribution is -2.48. The highest BCUT2D eigenvalue weighted by atomic mass is 32.1. The number of anilines is 3. The van der Waals surface area contributed by atoms with Gasteiger partial charge in [0.1, 0.15) is 22.6 Å². The normalized spacial score (nSPS) is 22.1. The molecule has 3 aliphatic rings. The molecule has 0 unspecified atom stereocenters.